The Morgan fingerprint density at radius 3 is 2.08 bits per heavy atom. The Hall–Kier alpha value is -0.380. The molecule has 0 spiro atoms. The van der Waals surface area contributed by atoms with Crippen LogP contribution in [0.4, 0.5) is 0 Å². The summed E-state index contributed by atoms with van der Waals surface area (Å²) in [6, 6.07) is 12.3. The molecule has 2 aliphatic heterocycles. The maximum Gasteiger partial charge on any atom is 0.0927 e. The molecular formula is C23H36BrNO. The highest BCUT2D eigenvalue weighted by atomic mass is 79.9. The van der Waals surface area contributed by atoms with Crippen molar-refractivity contribution in [3.63, 3.8) is 0 Å². The van der Waals surface area contributed by atoms with Crippen molar-refractivity contribution in [2.45, 2.75) is 81.9 Å². The zero-order valence-electron chi connectivity index (χ0n) is 16.5. The predicted octanol–water partition coefficient (Wildman–Crippen LogP) is 1.87. The molecule has 1 saturated carbocycles. The number of aliphatic hydroxyl groups is 1. The Kier molecular flexibility index (Phi) is 6.21. The molecule has 3 fully saturated rings. The van der Waals surface area contributed by atoms with E-state index in [0.29, 0.717) is 11.8 Å². The molecule has 4 rings (SSSR count). The summed E-state index contributed by atoms with van der Waals surface area (Å²) in [5.41, 5.74) is 0.564. The number of rotatable bonds is 4. The van der Waals surface area contributed by atoms with Gasteiger partial charge in [0.05, 0.1) is 31.8 Å². The van der Waals surface area contributed by atoms with E-state index in [0.717, 1.165) is 18.5 Å². The highest BCUT2D eigenvalue weighted by Gasteiger charge is 2.51. The molecule has 26 heavy (non-hydrogen) atoms. The van der Waals surface area contributed by atoms with Crippen LogP contribution < -0.4 is 17.0 Å². The quantitative estimate of drug-likeness (QED) is 0.735. The Bertz CT molecular complexity index is 567. The maximum absolute atomic E-state index is 12.0. The van der Waals surface area contributed by atoms with Crippen molar-refractivity contribution in [1.29, 1.82) is 0 Å². The molecule has 3 aliphatic rings. The van der Waals surface area contributed by atoms with Gasteiger partial charge in [-0.1, -0.05) is 49.6 Å². The van der Waals surface area contributed by atoms with Crippen molar-refractivity contribution >= 4 is 0 Å². The topological polar surface area (TPSA) is 20.2 Å². The first-order chi connectivity index (χ1) is 12.0. The second-order valence-corrected chi connectivity index (χ2v) is 9.68. The second kappa shape index (κ2) is 7.93. The summed E-state index contributed by atoms with van der Waals surface area (Å²) in [7, 11) is 4.87. The van der Waals surface area contributed by atoms with Crippen molar-refractivity contribution in [2.75, 3.05) is 14.1 Å². The third kappa shape index (κ3) is 3.64. The average Bonchev–Trinajstić information content (AvgIpc) is 2.80. The fourth-order valence-corrected chi connectivity index (χ4v) is 6.43. The van der Waals surface area contributed by atoms with Crippen LogP contribution in [0.15, 0.2) is 30.3 Å². The lowest BCUT2D eigenvalue weighted by Crippen LogP contribution is -3.00. The van der Waals surface area contributed by atoms with Crippen molar-refractivity contribution in [3.05, 3.63) is 35.9 Å². The summed E-state index contributed by atoms with van der Waals surface area (Å²) in [6.07, 6.45) is 12.7. The van der Waals surface area contributed by atoms with E-state index in [4.69, 9.17) is 0 Å². The lowest BCUT2D eigenvalue weighted by molar-refractivity contribution is -0.931. The van der Waals surface area contributed by atoms with Gasteiger partial charge in [-0.15, -0.1) is 0 Å². The number of halogens is 1. The minimum Gasteiger partial charge on any atom is -1.00 e. The summed E-state index contributed by atoms with van der Waals surface area (Å²) in [5, 5.41) is 12.0. The fourth-order valence-electron chi connectivity index (χ4n) is 6.43. The van der Waals surface area contributed by atoms with Gasteiger partial charge in [0.25, 0.3) is 0 Å². The van der Waals surface area contributed by atoms with Crippen molar-refractivity contribution in [1.82, 2.24) is 0 Å². The number of fused-ring (bicyclic) bond motifs is 2. The molecule has 0 radical (unpaired) electrons. The van der Waals surface area contributed by atoms with Gasteiger partial charge in [-0.2, -0.15) is 0 Å². The highest BCUT2D eigenvalue weighted by Crippen LogP contribution is 2.49. The van der Waals surface area contributed by atoms with Gasteiger partial charge in [0, 0.05) is 25.7 Å². The fraction of sp³-hybridized carbons (Fsp3) is 0.739. The van der Waals surface area contributed by atoms with Crippen molar-refractivity contribution in [3.8, 4) is 0 Å². The second-order valence-electron chi connectivity index (χ2n) is 9.68. The van der Waals surface area contributed by atoms with Crippen LogP contribution in [0.25, 0.3) is 0 Å². The van der Waals surface area contributed by atoms with Crippen LogP contribution in [-0.2, 0) is 5.60 Å². The standard InChI is InChI=1S/C23H36NO.BrH/c1-24(2)21-13-14-22(24)16-18(15-21)17-23(25,19-9-5-3-6-10-19)20-11-7-4-8-12-20;/h3,5-6,9-10,18,20-22,25H,4,7-8,11-17H2,1-2H3;1H/q+1;/p-1/t18-,21+,22-,23?;. The van der Waals surface area contributed by atoms with Crippen LogP contribution >= 0.6 is 0 Å². The van der Waals surface area contributed by atoms with Gasteiger partial charge in [-0.05, 0) is 36.7 Å². The van der Waals surface area contributed by atoms with E-state index in [1.54, 1.807) is 0 Å². The van der Waals surface area contributed by atoms with Crippen molar-refractivity contribution < 1.29 is 26.6 Å². The summed E-state index contributed by atoms with van der Waals surface area (Å²) >= 11 is 0. The van der Waals surface area contributed by atoms with Gasteiger partial charge in [-0.3, -0.25) is 0 Å². The number of quaternary nitrogens is 1. The normalized spacial score (nSPS) is 33.3. The van der Waals surface area contributed by atoms with Crippen LogP contribution in [0.1, 0.15) is 69.8 Å². The predicted molar refractivity (Wildman–Crippen MR) is 103 cm³/mol. The molecule has 0 aromatic heterocycles. The lowest BCUT2D eigenvalue weighted by Gasteiger charge is -2.47. The number of piperidine rings is 1. The van der Waals surface area contributed by atoms with Gasteiger partial charge in [-0.25, -0.2) is 0 Å². The van der Waals surface area contributed by atoms with Crippen LogP contribution in [0.5, 0.6) is 0 Å². The van der Waals surface area contributed by atoms with Gasteiger partial charge in [0.15, 0.2) is 0 Å². The van der Waals surface area contributed by atoms with E-state index in [1.807, 2.05) is 0 Å². The Labute approximate surface area is 170 Å². The van der Waals surface area contributed by atoms with Gasteiger partial charge >= 0.3 is 0 Å². The van der Waals surface area contributed by atoms with Crippen LogP contribution in [-0.4, -0.2) is 35.8 Å². The summed E-state index contributed by atoms with van der Waals surface area (Å²) < 4.78 is 1.23. The van der Waals surface area contributed by atoms with E-state index in [9.17, 15) is 5.11 Å². The molecule has 2 heterocycles. The zero-order valence-corrected chi connectivity index (χ0v) is 18.1. The van der Waals surface area contributed by atoms with E-state index in [-0.39, 0.29) is 17.0 Å². The maximum atomic E-state index is 12.0. The molecule has 2 saturated heterocycles. The Morgan fingerprint density at radius 2 is 1.50 bits per heavy atom. The number of nitrogens with zero attached hydrogens (tertiary/aromatic N) is 1. The SMILES string of the molecule is C[N+]1(C)[C@@H]2CC[C@H]1C[C@@H](CC(O)(c1ccccc1)C1CCCCC1)C2.[Br-]. The van der Waals surface area contributed by atoms with Crippen LogP contribution in [0, 0.1) is 11.8 Å². The van der Waals surface area contributed by atoms with Gasteiger partial charge < -0.3 is 26.6 Å². The van der Waals surface area contributed by atoms with E-state index >= 15 is 0 Å². The van der Waals surface area contributed by atoms with E-state index in [1.165, 1.54) is 67.8 Å². The monoisotopic (exact) mass is 421 g/mol. The molecule has 1 aromatic carbocycles. The molecule has 1 unspecified atom stereocenters. The van der Waals surface area contributed by atoms with Gasteiger partial charge in [0.2, 0.25) is 0 Å². The molecule has 3 heteroatoms. The third-order valence-corrected chi connectivity index (χ3v) is 8.08. The minimum absolute atomic E-state index is 0. The molecule has 1 aliphatic carbocycles. The molecule has 4 atom stereocenters. The Balaban J connectivity index is 0.00000196. The lowest BCUT2D eigenvalue weighted by atomic mass is 9.68. The summed E-state index contributed by atoms with van der Waals surface area (Å²) in [6.45, 7) is 0. The molecule has 1 N–H and O–H groups in total. The molecule has 1 aromatic rings. The van der Waals surface area contributed by atoms with E-state index in [2.05, 4.69) is 44.4 Å². The largest absolute Gasteiger partial charge is 1.00 e. The third-order valence-electron chi connectivity index (χ3n) is 8.08. The molecule has 146 valence electrons. The first kappa shape index (κ1) is 20.4. The first-order valence-corrected chi connectivity index (χ1v) is 10.6. The van der Waals surface area contributed by atoms with E-state index < -0.39 is 5.60 Å². The zero-order chi connectivity index (χ0) is 17.5. The van der Waals surface area contributed by atoms with Crippen LogP contribution in [0.2, 0.25) is 0 Å². The number of benzene rings is 1. The molecular weight excluding hydrogens is 386 g/mol. The molecule has 0 amide bonds. The minimum atomic E-state index is -0.611. The number of hydrogen-bond donors (Lipinski definition) is 1. The summed E-state index contributed by atoms with van der Waals surface area (Å²) in [5.74, 6) is 1.14. The van der Waals surface area contributed by atoms with Crippen LogP contribution in [0.3, 0.4) is 0 Å². The molecule has 2 nitrogen and oxygen atoms in total. The van der Waals surface area contributed by atoms with Gasteiger partial charge in [0.1, 0.15) is 0 Å². The number of hydrogen-bond acceptors (Lipinski definition) is 1. The van der Waals surface area contributed by atoms with Crippen molar-refractivity contribution in [2.24, 2.45) is 11.8 Å². The average molecular weight is 422 g/mol. The Morgan fingerprint density at radius 1 is 0.923 bits per heavy atom. The molecule has 2 bridgehead atoms. The summed E-state index contributed by atoms with van der Waals surface area (Å²) in [4.78, 5) is 0. The highest BCUT2D eigenvalue weighted by molar-refractivity contribution is 5.24. The first-order valence-electron chi connectivity index (χ1n) is 10.6. The smallest absolute Gasteiger partial charge is 0.0927 e.